The molecule has 7 nitrogen and oxygen atoms in total. The van der Waals surface area contributed by atoms with Crippen LogP contribution in [-0.2, 0) is 24.1 Å². The second-order valence-corrected chi connectivity index (χ2v) is 9.54. The zero-order valence-electron chi connectivity index (χ0n) is 16.9. The summed E-state index contributed by atoms with van der Waals surface area (Å²) in [5, 5.41) is 11.9. The van der Waals surface area contributed by atoms with Gasteiger partial charge in [0.2, 0.25) is 0 Å². The van der Waals surface area contributed by atoms with Crippen molar-refractivity contribution in [3.63, 3.8) is 0 Å². The van der Waals surface area contributed by atoms with Gasteiger partial charge in [-0.1, -0.05) is 6.92 Å². The van der Waals surface area contributed by atoms with Gasteiger partial charge < -0.3 is 4.74 Å². The Hall–Kier alpha value is -2.36. The van der Waals surface area contributed by atoms with E-state index in [4.69, 9.17) is 4.74 Å². The summed E-state index contributed by atoms with van der Waals surface area (Å²) in [6.45, 7) is 3.57. The van der Waals surface area contributed by atoms with Crippen LogP contribution in [0.3, 0.4) is 0 Å². The van der Waals surface area contributed by atoms with Gasteiger partial charge in [0.05, 0.1) is 13.2 Å². The molecule has 4 aromatic heterocycles. The molecule has 30 heavy (non-hydrogen) atoms. The van der Waals surface area contributed by atoms with Crippen LogP contribution in [-0.4, -0.2) is 43.4 Å². The van der Waals surface area contributed by atoms with Crippen LogP contribution in [0.25, 0.3) is 21.6 Å². The molecule has 0 N–H and O–H groups in total. The number of pyridine rings is 1. The number of hydrogen-bond acceptors (Lipinski definition) is 8. The SMILES string of the molecule is COCCn1c(Sc2ncnc3sc4c(c23)CCC(C)C4)nnc1-c1ccncc1. The summed E-state index contributed by atoms with van der Waals surface area (Å²) >= 11 is 3.38. The van der Waals surface area contributed by atoms with Gasteiger partial charge in [0.15, 0.2) is 11.0 Å². The van der Waals surface area contributed by atoms with Crippen LogP contribution in [0.2, 0.25) is 0 Å². The monoisotopic (exact) mass is 438 g/mol. The van der Waals surface area contributed by atoms with Crippen molar-refractivity contribution < 1.29 is 4.74 Å². The highest BCUT2D eigenvalue weighted by molar-refractivity contribution is 7.99. The summed E-state index contributed by atoms with van der Waals surface area (Å²) < 4.78 is 7.43. The molecule has 1 aliphatic carbocycles. The predicted molar refractivity (Wildman–Crippen MR) is 118 cm³/mol. The van der Waals surface area contributed by atoms with Crippen molar-refractivity contribution in [1.82, 2.24) is 29.7 Å². The molecule has 0 fully saturated rings. The lowest BCUT2D eigenvalue weighted by atomic mass is 9.89. The van der Waals surface area contributed by atoms with Gasteiger partial charge in [-0.2, -0.15) is 0 Å². The van der Waals surface area contributed by atoms with Crippen molar-refractivity contribution in [3.8, 4) is 11.4 Å². The molecule has 0 spiro atoms. The molecule has 5 rings (SSSR count). The van der Waals surface area contributed by atoms with Gasteiger partial charge >= 0.3 is 0 Å². The second-order valence-electron chi connectivity index (χ2n) is 7.50. The Labute approximate surface area is 183 Å². The van der Waals surface area contributed by atoms with E-state index in [9.17, 15) is 0 Å². The van der Waals surface area contributed by atoms with Gasteiger partial charge in [0.25, 0.3) is 0 Å². The van der Waals surface area contributed by atoms with E-state index in [1.54, 1.807) is 37.6 Å². The number of thiophene rings is 1. The van der Waals surface area contributed by atoms with Crippen molar-refractivity contribution in [2.75, 3.05) is 13.7 Å². The number of aryl methyl sites for hydroxylation is 1. The molecule has 4 heterocycles. The standard InChI is InChI=1S/C21H22N6OS2/c1-13-3-4-15-16(11-13)29-19-17(15)20(24-12-23-19)30-21-26-25-18(27(21)9-10-28-2)14-5-7-22-8-6-14/h5-8,12-13H,3-4,9-11H2,1-2H3. The van der Waals surface area contributed by atoms with E-state index < -0.39 is 0 Å². The van der Waals surface area contributed by atoms with E-state index in [1.807, 2.05) is 23.5 Å². The number of nitrogens with zero attached hydrogens (tertiary/aromatic N) is 6. The molecule has 0 amide bonds. The van der Waals surface area contributed by atoms with Crippen LogP contribution in [0.5, 0.6) is 0 Å². The number of aromatic nitrogens is 6. The fourth-order valence-corrected chi connectivity index (χ4v) is 6.25. The maximum Gasteiger partial charge on any atom is 0.197 e. The van der Waals surface area contributed by atoms with E-state index in [0.717, 1.165) is 45.2 Å². The second kappa shape index (κ2) is 8.41. The lowest BCUT2D eigenvalue weighted by Gasteiger charge is -2.18. The van der Waals surface area contributed by atoms with Crippen molar-refractivity contribution in [3.05, 3.63) is 41.3 Å². The van der Waals surface area contributed by atoms with Crippen LogP contribution in [0.15, 0.2) is 41.0 Å². The van der Waals surface area contributed by atoms with Gasteiger partial charge in [-0.3, -0.25) is 9.55 Å². The van der Waals surface area contributed by atoms with E-state index >= 15 is 0 Å². The van der Waals surface area contributed by atoms with Crippen LogP contribution in [0.1, 0.15) is 23.8 Å². The van der Waals surface area contributed by atoms with E-state index in [2.05, 4.69) is 36.6 Å². The van der Waals surface area contributed by atoms with Crippen molar-refractivity contribution >= 4 is 33.3 Å². The summed E-state index contributed by atoms with van der Waals surface area (Å²) in [4.78, 5) is 15.8. The highest BCUT2D eigenvalue weighted by Crippen LogP contribution is 2.42. The average molecular weight is 439 g/mol. The molecule has 0 radical (unpaired) electrons. The lowest BCUT2D eigenvalue weighted by molar-refractivity contribution is 0.185. The normalized spacial score (nSPS) is 16.1. The molecule has 4 aromatic rings. The molecule has 0 aromatic carbocycles. The minimum Gasteiger partial charge on any atom is -0.383 e. The minimum atomic E-state index is 0.578. The largest absolute Gasteiger partial charge is 0.383 e. The van der Waals surface area contributed by atoms with E-state index in [1.165, 1.54) is 22.2 Å². The maximum absolute atomic E-state index is 5.33. The predicted octanol–water partition coefficient (Wildman–Crippen LogP) is 4.27. The first-order valence-corrected chi connectivity index (χ1v) is 11.6. The van der Waals surface area contributed by atoms with Gasteiger partial charge in [-0.25, -0.2) is 9.97 Å². The first kappa shape index (κ1) is 19.6. The Bertz CT molecular complexity index is 1170. The number of rotatable bonds is 6. The summed E-state index contributed by atoms with van der Waals surface area (Å²) in [6.07, 6.45) is 8.64. The van der Waals surface area contributed by atoms with Crippen molar-refractivity contribution in [2.45, 2.75) is 42.9 Å². The smallest absolute Gasteiger partial charge is 0.197 e. The van der Waals surface area contributed by atoms with Crippen LogP contribution in [0, 0.1) is 5.92 Å². The third-order valence-corrected chi connectivity index (χ3v) is 7.57. The molecule has 1 unspecified atom stereocenters. The molecular weight excluding hydrogens is 416 g/mol. The van der Waals surface area contributed by atoms with E-state index in [0.29, 0.717) is 13.2 Å². The van der Waals surface area contributed by atoms with Gasteiger partial charge in [0, 0.05) is 35.3 Å². The third kappa shape index (κ3) is 3.61. The first-order valence-electron chi connectivity index (χ1n) is 10.00. The Balaban J connectivity index is 1.56. The highest BCUT2D eigenvalue weighted by Gasteiger charge is 2.24. The molecule has 0 bridgehead atoms. The molecule has 0 saturated heterocycles. The Morgan fingerprint density at radius 2 is 2.10 bits per heavy atom. The zero-order chi connectivity index (χ0) is 20.5. The Morgan fingerprint density at radius 3 is 2.93 bits per heavy atom. The van der Waals surface area contributed by atoms with Gasteiger partial charge in [0.1, 0.15) is 16.2 Å². The summed E-state index contributed by atoms with van der Waals surface area (Å²) in [6, 6.07) is 3.89. The molecule has 154 valence electrons. The van der Waals surface area contributed by atoms with Crippen LogP contribution >= 0.6 is 23.1 Å². The maximum atomic E-state index is 5.33. The van der Waals surface area contributed by atoms with E-state index in [-0.39, 0.29) is 0 Å². The number of ether oxygens (including phenoxy) is 1. The molecular formula is C21H22N6OS2. The zero-order valence-corrected chi connectivity index (χ0v) is 18.5. The van der Waals surface area contributed by atoms with Crippen molar-refractivity contribution in [2.24, 2.45) is 5.92 Å². The fourth-order valence-electron chi connectivity index (χ4n) is 3.87. The average Bonchev–Trinajstić information content (AvgIpc) is 3.33. The number of fused-ring (bicyclic) bond motifs is 3. The number of methoxy groups -OCH3 is 1. The molecule has 9 heteroatoms. The topological polar surface area (TPSA) is 78.6 Å². The van der Waals surface area contributed by atoms with Crippen molar-refractivity contribution in [1.29, 1.82) is 0 Å². The Kier molecular flexibility index (Phi) is 5.49. The number of hydrogen-bond donors (Lipinski definition) is 0. The van der Waals surface area contributed by atoms with Crippen LogP contribution < -0.4 is 0 Å². The summed E-state index contributed by atoms with van der Waals surface area (Å²) in [5.41, 5.74) is 2.41. The lowest BCUT2D eigenvalue weighted by Crippen LogP contribution is -2.09. The third-order valence-electron chi connectivity index (χ3n) is 5.42. The Morgan fingerprint density at radius 1 is 1.23 bits per heavy atom. The summed E-state index contributed by atoms with van der Waals surface area (Å²) in [5.74, 6) is 1.54. The van der Waals surface area contributed by atoms with Gasteiger partial charge in [-0.05, 0) is 54.6 Å². The summed E-state index contributed by atoms with van der Waals surface area (Å²) in [7, 11) is 1.70. The highest BCUT2D eigenvalue weighted by atomic mass is 32.2. The molecule has 0 saturated carbocycles. The first-order chi connectivity index (χ1) is 14.7. The minimum absolute atomic E-state index is 0.578. The fraction of sp³-hybridized carbons (Fsp3) is 0.381. The quantitative estimate of drug-likeness (QED) is 0.416. The molecule has 0 aliphatic heterocycles. The van der Waals surface area contributed by atoms with Gasteiger partial charge in [-0.15, -0.1) is 21.5 Å². The molecule has 1 atom stereocenters. The van der Waals surface area contributed by atoms with Crippen LogP contribution in [0.4, 0.5) is 0 Å². The molecule has 1 aliphatic rings.